The Bertz CT molecular complexity index is 891. The molecule has 2 aromatic rings. The summed E-state index contributed by atoms with van der Waals surface area (Å²) in [4.78, 5) is 12.4. The molecular weight excluding hydrogens is 368 g/mol. The molecule has 0 aromatic heterocycles. The highest BCUT2D eigenvalue weighted by Crippen LogP contribution is 2.23. The molecular formula is C19H22N2O5S. The van der Waals surface area contributed by atoms with Gasteiger partial charge < -0.3 is 14.8 Å². The Balaban J connectivity index is 1.67. The van der Waals surface area contributed by atoms with Gasteiger partial charge in [0.1, 0.15) is 5.75 Å². The second-order valence-electron chi connectivity index (χ2n) is 6.12. The maximum atomic E-state index is 12.5. The van der Waals surface area contributed by atoms with E-state index < -0.39 is 10.0 Å². The average Bonchev–Trinajstić information content (AvgIpc) is 2.69. The second-order valence-corrected chi connectivity index (χ2v) is 8.09. The predicted octanol–water partition coefficient (Wildman–Crippen LogP) is 2.11. The number of rotatable bonds is 6. The van der Waals surface area contributed by atoms with Crippen molar-refractivity contribution in [1.82, 2.24) is 4.31 Å². The molecule has 3 rings (SSSR count). The Labute approximate surface area is 158 Å². The fraction of sp³-hybridized carbons (Fsp3) is 0.316. The summed E-state index contributed by atoms with van der Waals surface area (Å²) in [5.74, 6) is 0.183. The van der Waals surface area contributed by atoms with Crippen molar-refractivity contribution >= 4 is 21.6 Å². The number of morpholine rings is 1. The van der Waals surface area contributed by atoms with Crippen LogP contribution in [-0.4, -0.2) is 52.0 Å². The maximum absolute atomic E-state index is 12.5. The topological polar surface area (TPSA) is 84.9 Å². The fourth-order valence-corrected chi connectivity index (χ4v) is 4.32. The number of anilines is 1. The van der Waals surface area contributed by atoms with Crippen LogP contribution in [0.3, 0.4) is 0 Å². The number of para-hydroxylation sites is 2. The minimum Gasteiger partial charge on any atom is -0.495 e. The molecule has 0 bridgehead atoms. The van der Waals surface area contributed by atoms with Gasteiger partial charge in [0.2, 0.25) is 10.0 Å². The third kappa shape index (κ3) is 4.85. The van der Waals surface area contributed by atoms with Crippen molar-refractivity contribution in [3.63, 3.8) is 0 Å². The van der Waals surface area contributed by atoms with Gasteiger partial charge in [0.25, 0.3) is 5.91 Å². The van der Waals surface area contributed by atoms with Crippen molar-refractivity contribution in [2.45, 2.75) is 5.75 Å². The zero-order chi connectivity index (χ0) is 19.3. The molecule has 1 aliphatic heterocycles. The standard InChI is InChI=1S/C19H22N2O5S/c1-25-18-5-3-2-4-17(18)20-19(22)16-8-6-15(7-9-16)14-27(23,24)21-10-12-26-13-11-21/h2-9H,10-14H2,1H3,(H,20,22). The Morgan fingerprint density at radius 3 is 2.44 bits per heavy atom. The van der Waals surface area contributed by atoms with Crippen molar-refractivity contribution in [3.8, 4) is 5.75 Å². The van der Waals surface area contributed by atoms with Crippen LogP contribution in [0.4, 0.5) is 5.69 Å². The SMILES string of the molecule is COc1ccccc1NC(=O)c1ccc(CS(=O)(=O)N2CCOCC2)cc1. The van der Waals surface area contributed by atoms with Crippen molar-refractivity contribution < 1.29 is 22.7 Å². The van der Waals surface area contributed by atoms with E-state index >= 15 is 0 Å². The van der Waals surface area contributed by atoms with E-state index in [4.69, 9.17) is 9.47 Å². The van der Waals surface area contributed by atoms with E-state index in [1.54, 1.807) is 42.5 Å². The zero-order valence-electron chi connectivity index (χ0n) is 15.1. The molecule has 1 aliphatic rings. The summed E-state index contributed by atoms with van der Waals surface area (Å²) < 4.78 is 36.8. The smallest absolute Gasteiger partial charge is 0.255 e. The first-order chi connectivity index (χ1) is 13.0. The number of ether oxygens (including phenoxy) is 2. The van der Waals surface area contributed by atoms with Crippen molar-refractivity contribution in [3.05, 3.63) is 59.7 Å². The van der Waals surface area contributed by atoms with Crippen molar-refractivity contribution in [2.75, 3.05) is 38.7 Å². The van der Waals surface area contributed by atoms with Crippen molar-refractivity contribution in [2.24, 2.45) is 0 Å². The zero-order valence-corrected chi connectivity index (χ0v) is 15.9. The van der Waals surface area contributed by atoms with Gasteiger partial charge in [-0.2, -0.15) is 4.31 Å². The molecule has 1 heterocycles. The van der Waals surface area contributed by atoms with E-state index in [-0.39, 0.29) is 11.7 Å². The van der Waals surface area contributed by atoms with Gasteiger partial charge in [-0.25, -0.2) is 8.42 Å². The summed E-state index contributed by atoms with van der Waals surface area (Å²) in [5.41, 5.74) is 1.65. The number of hydrogen-bond donors (Lipinski definition) is 1. The third-order valence-electron chi connectivity index (χ3n) is 4.28. The summed E-state index contributed by atoms with van der Waals surface area (Å²) in [6.07, 6.45) is 0. The molecule has 0 aliphatic carbocycles. The van der Waals surface area contributed by atoms with Gasteiger partial charge in [-0.1, -0.05) is 24.3 Å². The molecule has 0 saturated carbocycles. The van der Waals surface area contributed by atoms with Gasteiger partial charge in [-0.3, -0.25) is 4.79 Å². The summed E-state index contributed by atoms with van der Waals surface area (Å²) >= 11 is 0. The summed E-state index contributed by atoms with van der Waals surface area (Å²) in [7, 11) is -1.85. The van der Waals surface area contributed by atoms with Gasteiger partial charge in [0.15, 0.2) is 0 Å². The first-order valence-corrected chi connectivity index (χ1v) is 10.2. The molecule has 0 radical (unpaired) electrons. The third-order valence-corrected chi connectivity index (χ3v) is 6.13. The lowest BCUT2D eigenvalue weighted by molar-refractivity contribution is 0.0729. The largest absolute Gasteiger partial charge is 0.495 e. The Kier molecular flexibility index (Phi) is 6.10. The van der Waals surface area contributed by atoms with Crippen LogP contribution in [0.2, 0.25) is 0 Å². The van der Waals surface area contributed by atoms with Crippen molar-refractivity contribution in [1.29, 1.82) is 0 Å². The number of amides is 1. The van der Waals surface area contributed by atoms with Crippen LogP contribution in [0.25, 0.3) is 0 Å². The number of carbonyl (C=O) groups is 1. The average molecular weight is 390 g/mol. The van der Waals surface area contributed by atoms with Gasteiger partial charge in [-0.15, -0.1) is 0 Å². The molecule has 1 fully saturated rings. The summed E-state index contributed by atoms with van der Waals surface area (Å²) in [6.45, 7) is 1.59. The van der Waals surface area contributed by atoms with E-state index in [0.717, 1.165) is 0 Å². The minimum absolute atomic E-state index is 0.0958. The van der Waals surface area contributed by atoms with Gasteiger partial charge in [0.05, 0.1) is 31.8 Å². The number of nitrogens with one attached hydrogen (secondary N) is 1. The number of hydrogen-bond acceptors (Lipinski definition) is 5. The molecule has 0 atom stereocenters. The molecule has 0 spiro atoms. The number of methoxy groups -OCH3 is 1. The van der Waals surface area contributed by atoms with E-state index in [1.165, 1.54) is 11.4 Å². The Morgan fingerprint density at radius 1 is 1.11 bits per heavy atom. The van der Waals surface area contributed by atoms with Crippen LogP contribution < -0.4 is 10.1 Å². The number of nitrogens with zero attached hydrogens (tertiary/aromatic N) is 1. The highest BCUT2D eigenvalue weighted by atomic mass is 32.2. The molecule has 144 valence electrons. The quantitative estimate of drug-likeness (QED) is 0.817. The molecule has 8 heteroatoms. The lowest BCUT2D eigenvalue weighted by Crippen LogP contribution is -2.41. The summed E-state index contributed by atoms with van der Waals surface area (Å²) in [6, 6.07) is 13.7. The molecule has 1 saturated heterocycles. The van der Waals surface area contributed by atoms with E-state index in [2.05, 4.69) is 5.32 Å². The number of sulfonamides is 1. The Morgan fingerprint density at radius 2 is 1.78 bits per heavy atom. The van der Waals surface area contributed by atoms with Crippen LogP contribution in [0.5, 0.6) is 5.75 Å². The molecule has 2 aromatic carbocycles. The minimum atomic E-state index is -3.39. The monoisotopic (exact) mass is 390 g/mol. The van der Waals surface area contributed by atoms with Crippen LogP contribution in [0.1, 0.15) is 15.9 Å². The first kappa shape index (κ1) is 19.3. The normalized spacial score (nSPS) is 15.3. The number of benzene rings is 2. The molecule has 1 N–H and O–H groups in total. The van der Waals surface area contributed by atoms with E-state index in [1.807, 2.05) is 6.07 Å². The molecule has 1 amide bonds. The van der Waals surface area contributed by atoms with Gasteiger partial charge in [-0.05, 0) is 29.8 Å². The second kappa shape index (κ2) is 8.51. The molecule has 0 unspecified atom stereocenters. The molecule has 27 heavy (non-hydrogen) atoms. The first-order valence-electron chi connectivity index (χ1n) is 8.58. The highest BCUT2D eigenvalue weighted by Gasteiger charge is 2.24. The van der Waals surface area contributed by atoms with E-state index in [9.17, 15) is 13.2 Å². The number of carbonyl (C=O) groups excluding carboxylic acids is 1. The van der Waals surface area contributed by atoms with Crippen LogP contribution >= 0.6 is 0 Å². The summed E-state index contributed by atoms with van der Waals surface area (Å²) in [5, 5.41) is 2.79. The Hall–Kier alpha value is -2.42. The lowest BCUT2D eigenvalue weighted by Gasteiger charge is -2.26. The van der Waals surface area contributed by atoms with Crippen LogP contribution in [-0.2, 0) is 20.5 Å². The molecule has 7 nitrogen and oxygen atoms in total. The fourth-order valence-electron chi connectivity index (χ4n) is 2.82. The van der Waals surface area contributed by atoms with Gasteiger partial charge >= 0.3 is 0 Å². The predicted molar refractivity (Wildman–Crippen MR) is 102 cm³/mol. The highest BCUT2D eigenvalue weighted by molar-refractivity contribution is 7.88. The van der Waals surface area contributed by atoms with E-state index in [0.29, 0.717) is 48.9 Å². The van der Waals surface area contributed by atoms with Crippen LogP contribution in [0.15, 0.2) is 48.5 Å². The van der Waals surface area contributed by atoms with Gasteiger partial charge in [0, 0.05) is 18.7 Å². The maximum Gasteiger partial charge on any atom is 0.255 e. The van der Waals surface area contributed by atoms with Crippen LogP contribution in [0, 0.1) is 0 Å². The lowest BCUT2D eigenvalue weighted by atomic mass is 10.1.